The van der Waals surface area contributed by atoms with E-state index in [1.165, 1.54) is 19.3 Å². The van der Waals surface area contributed by atoms with Crippen molar-refractivity contribution in [3.8, 4) is 5.75 Å². The summed E-state index contributed by atoms with van der Waals surface area (Å²) < 4.78 is 5.69. The summed E-state index contributed by atoms with van der Waals surface area (Å²) in [7, 11) is 0. The molecule has 0 radical (unpaired) electrons. The Bertz CT molecular complexity index is 710. The summed E-state index contributed by atoms with van der Waals surface area (Å²) in [4.78, 5) is 13.9. The van der Waals surface area contributed by atoms with E-state index < -0.39 is 0 Å². The minimum Gasteiger partial charge on any atom is -0.494 e. The van der Waals surface area contributed by atoms with E-state index in [1.807, 2.05) is 24.3 Å². The van der Waals surface area contributed by atoms with Crippen molar-refractivity contribution in [2.75, 3.05) is 12.0 Å². The predicted octanol–water partition coefficient (Wildman–Crippen LogP) is 2.88. The van der Waals surface area contributed by atoms with Crippen LogP contribution in [0.1, 0.15) is 43.9 Å². The molecule has 24 heavy (non-hydrogen) atoms. The first-order valence-corrected chi connectivity index (χ1v) is 8.14. The summed E-state index contributed by atoms with van der Waals surface area (Å²) in [5, 5.41) is 11.5. The van der Waals surface area contributed by atoms with Crippen molar-refractivity contribution in [2.45, 2.75) is 39.5 Å². The van der Waals surface area contributed by atoms with Crippen LogP contribution in [0.5, 0.6) is 5.75 Å². The van der Waals surface area contributed by atoms with Gasteiger partial charge < -0.3 is 4.74 Å². The van der Waals surface area contributed by atoms with Gasteiger partial charge in [0.15, 0.2) is 0 Å². The number of unbranched alkanes of at least 4 members (excludes halogenated alkanes) is 3. The number of aryl methyl sites for hydroxylation is 1. The molecule has 1 aromatic carbocycles. The average Bonchev–Trinajstić information content (AvgIpc) is 2.59. The Hall–Kier alpha value is -2.70. The lowest BCUT2D eigenvalue weighted by molar-refractivity contribution is 0.305. The molecule has 0 saturated carbocycles. The van der Waals surface area contributed by atoms with Crippen molar-refractivity contribution in [2.24, 2.45) is 5.10 Å². The molecule has 0 atom stereocenters. The molecule has 1 heterocycles. The van der Waals surface area contributed by atoms with Crippen molar-refractivity contribution in [3.63, 3.8) is 0 Å². The quantitative estimate of drug-likeness (QED) is 0.419. The summed E-state index contributed by atoms with van der Waals surface area (Å²) in [6.07, 6.45) is 6.39. The Labute approximate surface area is 141 Å². The van der Waals surface area contributed by atoms with E-state index in [9.17, 15) is 4.79 Å². The average molecular weight is 329 g/mol. The molecule has 7 heteroatoms. The van der Waals surface area contributed by atoms with Crippen molar-refractivity contribution >= 4 is 12.2 Å². The Kier molecular flexibility index (Phi) is 6.94. The summed E-state index contributed by atoms with van der Waals surface area (Å²) >= 11 is 0. The molecule has 0 spiro atoms. The number of aromatic amines is 1. The molecule has 0 aliphatic heterocycles. The van der Waals surface area contributed by atoms with E-state index in [-0.39, 0.29) is 11.5 Å². The number of benzene rings is 1. The van der Waals surface area contributed by atoms with Crippen LogP contribution >= 0.6 is 0 Å². The Morgan fingerprint density at radius 1 is 1.21 bits per heavy atom. The zero-order valence-corrected chi connectivity index (χ0v) is 14.1. The van der Waals surface area contributed by atoms with Gasteiger partial charge in [-0.15, -0.1) is 10.2 Å². The molecule has 0 saturated heterocycles. The highest BCUT2D eigenvalue weighted by atomic mass is 16.5. The predicted molar refractivity (Wildman–Crippen MR) is 94.7 cm³/mol. The van der Waals surface area contributed by atoms with Gasteiger partial charge in [0.05, 0.1) is 12.8 Å². The van der Waals surface area contributed by atoms with Gasteiger partial charge >= 0.3 is 0 Å². The number of nitrogens with one attached hydrogen (secondary N) is 2. The second-order valence-electron chi connectivity index (χ2n) is 5.44. The molecule has 2 aromatic rings. The Balaban J connectivity index is 1.80. The lowest BCUT2D eigenvalue weighted by Gasteiger charge is -2.05. The van der Waals surface area contributed by atoms with Crippen LogP contribution in [0.2, 0.25) is 0 Å². The number of aromatic nitrogens is 3. The van der Waals surface area contributed by atoms with Crippen LogP contribution in [0.3, 0.4) is 0 Å². The highest BCUT2D eigenvalue weighted by Gasteiger charge is 1.98. The number of hydrazone groups is 1. The molecule has 2 N–H and O–H groups in total. The lowest BCUT2D eigenvalue weighted by Crippen LogP contribution is -2.15. The van der Waals surface area contributed by atoms with Crippen molar-refractivity contribution < 1.29 is 4.74 Å². The molecule has 7 nitrogen and oxygen atoms in total. The van der Waals surface area contributed by atoms with Gasteiger partial charge in [0.2, 0.25) is 5.95 Å². The smallest absolute Gasteiger partial charge is 0.274 e. The minimum absolute atomic E-state index is 0.203. The van der Waals surface area contributed by atoms with Crippen LogP contribution in [-0.2, 0) is 0 Å². The first kappa shape index (κ1) is 17.7. The normalized spacial score (nSPS) is 10.9. The van der Waals surface area contributed by atoms with Gasteiger partial charge in [-0.2, -0.15) is 5.10 Å². The fourth-order valence-electron chi connectivity index (χ4n) is 1.98. The zero-order chi connectivity index (χ0) is 17.2. The topological polar surface area (TPSA) is 92.3 Å². The van der Waals surface area contributed by atoms with Gasteiger partial charge in [0, 0.05) is 0 Å². The van der Waals surface area contributed by atoms with Crippen LogP contribution in [0, 0.1) is 6.92 Å². The summed E-state index contributed by atoms with van der Waals surface area (Å²) in [5.41, 5.74) is 3.57. The van der Waals surface area contributed by atoms with Crippen LogP contribution in [0.4, 0.5) is 5.95 Å². The Morgan fingerprint density at radius 3 is 2.71 bits per heavy atom. The molecular formula is C17H23N5O2. The molecular weight excluding hydrogens is 306 g/mol. The van der Waals surface area contributed by atoms with E-state index in [4.69, 9.17) is 4.74 Å². The van der Waals surface area contributed by atoms with Gasteiger partial charge in [-0.25, -0.2) is 5.43 Å². The molecule has 2 rings (SSSR count). The van der Waals surface area contributed by atoms with Gasteiger partial charge in [-0.1, -0.05) is 26.2 Å². The third-order valence-corrected chi connectivity index (χ3v) is 3.39. The number of hydrogen-bond donors (Lipinski definition) is 2. The number of H-pyrrole nitrogens is 1. The second kappa shape index (κ2) is 9.44. The van der Waals surface area contributed by atoms with Gasteiger partial charge in [0.1, 0.15) is 11.4 Å². The maximum absolute atomic E-state index is 11.4. The van der Waals surface area contributed by atoms with Gasteiger partial charge in [-0.05, 0) is 43.2 Å². The fraction of sp³-hybridized carbons (Fsp3) is 0.412. The van der Waals surface area contributed by atoms with Crippen molar-refractivity contribution in [1.29, 1.82) is 0 Å². The molecule has 128 valence electrons. The zero-order valence-electron chi connectivity index (χ0n) is 14.1. The third kappa shape index (κ3) is 5.83. The number of rotatable bonds is 9. The second-order valence-corrected chi connectivity index (χ2v) is 5.44. The van der Waals surface area contributed by atoms with Crippen LogP contribution in [0.15, 0.2) is 34.2 Å². The first-order chi connectivity index (χ1) is 11.7. The first-order valence-electron chi connectivity index (χ1n) is 8.14. The molecule has 0 aliphatic carbocycles. The van der Waals surface area contributed by atoms with Crippen molar-refractivity contribution in [3.05, 3.63) is 45.9 Å². The van der Waals surface area contributed by atoms with Gasteiger partial charge in [0.25, 0.3) is 5.56 Å². The monoisotopic (exact) mass is 329 g/mol. The standard InChI is InChI=1S/C17H23N5O2/c1-3-4-5-6-11-24-15-9-7-14(8-10-15)12-18-21-17-19-16(23)13(2)20-22-17/h7-10,12H,3-6,11H2,1-2H3,(H2,19,21,22,23)/b18-12-. The number of hydrogen-bond acceptors (Lipinski definition) is 6. The van der Waals surface area contributed by atoms with Crippen LogP contribution < -0.4 is 15.7 Å². The molecule has 0 unspecified atom stereocenters. The summed E-state index contributed by atoms with van der Waals surface area (Å²) in [6, 6.07) is 7.65. The Morgan fingerprint density at radius 2 is 2.00 bits per heavy atom. The van der Waals surface area contributed by atoms with E-state index in [1.54, 1.807) is 13.1 Å². The largest absolute Gasteiger partial charge is 0.494 e. The third-order valence-electron chi connectivity index (χ3n) is 3.39. The summed E-state index contributed by atoms with van der Waals surface area (Å²) in [6.45, 7) is 4.53. The molecule has 0 aliphatic rings. The molecule has 0 amide bonds. The van der Waals surface area contributed by atoms with Gasteiger partial charge in [-0.3, -0.25) is 9.78 Å². The maximum Gasteiger partial charge on any atom is 0.274 e. The molecule has 0 bridgehead atoms. The minimum atomic E-state index is -0.289. The van der Waals surface area contributed by atoms with Crippen molar-refractivity contribution in [1.82, 2.24) is 15.2 Å². The van der Waals surface area contributed by atoms with Crippen LogP contribution in [-0.4, -0.2) is 28.0 Å². The number of anilines is 1. The highest BCUT2D eigenvalue weighted by molar-refractivity contribution is 5.80. The highest BCUT2D eigenvalue weighted by Crippen LogP contribution is 2.12. The van der Waals surface area contributed by atoms with E-state index in [0.29, 0.717) is 5.69 Å². The molecule has 1 aromatic heterocycles. The van der Waals surface area contributed by atoms with Crippen LogP contribution in [0.25, 0.3) is 0 Å². The number of ether oxygens (including phenoxy) is 1. The maximum atomic E-state index is 11.4. The fourth-order valence-corrected chi connectivity index (χ4v) is 1.98. The summed E-state index contributed by atoms with van der Waals surface area (Å²) in [5.74, 6) is 1.05. The van der Waals surface area contributed by atoms with E-state index >= 15 is 0 Å². The molecule has 0 fully saturated rings. The van der Waals surface area contributed by atoms with E-state index in [0.717, 1.165) is 24.3 Å². The van der Waals surface area contributed by atoms with E-state index in [2.05, 4.69) is 32.6 Å². The lowest BCUT2D eigenvalue weighted by atomic mass is 10.2. The SMILES string of the molecule is CCCCCCOc1ccc(/C=N\Nc2nnc(C)c(=O)[nH]2)cc1. The number of nitrogens with zero attached hydrogens (tertiary/aromatic N) is 3.